The molecule has 0 heterocycles. The van der Waals surface area contributed by atoms with Crippen LogP contribution in [0, 0.1) is 23.7 Å². The van der Waals surface area contributed by atoms with Gasteiger partial charge in [0.2, 0.25) is 5.91 Å². The lowest BCUT2D eigenvalue weighted by molar-refractivity contribution is -0.131. The van der Waals surface area contributed by atoms with Crippen molar-refractivity contribution >= 4 is 11.9 Å². The van der Waals surface area contributed by atoms with Crippen LogP contribution in [-0.4, -0.2) is 11.9 Å². The summed E-state index contributed by atoms with van der Waals surface area (Å²) in [5, 5.41) is 0. The maximum atomic E-state index is 12.8. The molecule has 0 aromatic heterocycles. The van der Waals surface area contributed by atoms with E-state index in [1.54, 1.807) is 24.3 Å². The number of benzene rings is 2. The van der Waals surface area contributed by atoms with E-state index in [1.165, 1.54) is 0 Å². The number of carbonyl (C=O) groups excluding carboxylic acids is 2. The molecule has 27 heavy (non-hydrogen) atoms. The summed E-state index contributed by atoms with van der Waals surface area (Å²) in [7, 11) is 0. The number of carbonyl (C=O) groups is 2. The summed E-state index contributed by atoms with van der Waals surface area (Å²) < 4.78 is 5.92. The van der Waals surface area contributed by atoms with Crippen molar-refractivity contribution in [3.8, 4) is 0 Å². The molecule has 2 aromatic rings. The van der Waals surface area contributed by atoms with Crippen molar-refractivity contribution in [2.75, 3.05) is 0 Å². The van der Waals surface area contributed by atoms with Crippen LogP contribution in [0.3, 0.4) is 0 Å². The van der Waals surface area contributed by atoms with E-state index in [0.29, 0.717) is 11.1 Å². The maximum absolute atomic E-state index is 12.8. The minimum atomic E-state index is -1.45. The number of hydrogen-bond acceptors (Lipinski definition) is 4. The number of fused-ring (bicyclic) bond motifs is 2. The quantitative estimate of drug-likeness (QED) is 0.485. The lowest BCUT2D eigenvalue weighted by Crippen LogP contribution is -2.54. The first kappa shape index (κ1) is 17.5. The molecule has 4 rings (SSSR count). The van der Waals surface area contributed by atoms with Gasteiger partial charge < -0.3 is 10.5 Å². The highest BCUT2D eigenvalue weighted by atomic mass is 16.6. The summed E-state index contributed by atoms with van der Waals surface area (Å²) in [5.74, 6) is -1.70. The summed E-state index contributed by atoms with van der Waals surface area (Å²) in [6, 6.07) is 17.9. The van der Waals surface area contributed by atoms with Crippen molar-refractivity contribution < 1.29 is 14.3 Å². The summed E-state index contributed by atoms with van der Waals surface area (Å²) in [6.07, 6.45) is 4.89. The Balaban J connectivity index is 1.77. The number of rotatable bonds is 5. The van der Waals surface area contributed by atoms with Crippen LogP contribution in [0.15, 0.2) is 72.8 Å². The van der Waals surface area contributed by atoms with Gasteiger partial charge in [0.15, 0.2) is 5.72 Å². The number of hydrogen-bond donors (Lipinski definition) is 2. The number of esters is 1. The molecule has 2 aromatic carbocycles. The molecule has 5 unspecified atom stereocenters. The third-order valence-corrected chi connectivity index (χ3v) is 5.78. The van der Waals surface area contributed by atoms with Gasteiger partial charge in [0.25, 0.3) is 0 Å². The molecular formula is C22H22N2O3. The van der Waals surface area contributed by atoms with E-state index in [9.17, 15) is 9.59 Å². The van der Waals surface area contributed by atoms with Crippen molar-refractivity contribution in [2.45, 2.75) is 12.1 Å². The molecule has 138 valence electrons. The summed E-state index contributed by atoms with van der Waals surface area (Å²) in [5.41, 5.74) is 12.1. The molecule has 0 saturated heterocycles. The first-order chi connectivity index (χ1) is 13.0. The average molecular weight is 362 g/mol. The van der Waals surface area contributed by atoms with Gasteiger partial charge in [-0.25, -0.2) is 4.79 Å². The van der Waals surface area contributed by atoms with Gasteiger partial charge in [-0.15, -0.1) is 0 Å². The monoisotopic (exact) mass is 362 g/mol. The van der Waals surface area contributed by atoms with Crippen molar-refractivity contribution in [3.63, 3.8) is 0 Å². The van der Waals surface area contributed by atoms with Crippen molar-refractivity contribution in [1.29, 1.82) is 0 Å². The normalized spacial score (nSPS) is 27.9. The van der Waals surface area contributed by atoms with Crippen molar-refractivity contribution in [3.05, 3.63) is 83.9 Å². The minimum absolute atomic E-state index is 0.0413. The molecule has 2 bridgehead atoms. The fourth-order valence-corrected chi connectivity index (χ4v) is 4.60. The van der Waals surface area contributed by atoms with E-state index in [4.69, 9.17) is 16.2 Å². The standard InChI is InChI=1S/C22H22N2O3/c23-20(25)18-15-11-12-16(13-15)19(18)22(24,17-9-5-2-6-10-17)27-21(26)14-7-3-1-4-8-14/h1-12,15-16,18-19H,13,24H2,(H2,23,25). The van der Waals surface area contributed by atoms with Crippen LogP contribution < -0.4 is 11.5 Å². The first-order valence-corrected chi connectivity index (χ1v) is 9.11. The van der Waals surface area contributed by atoms with Crippen molar-refractivity contribution in [2.24, 2.45) is 35.1 Å². The SMILES string of the molecule is NC(=O)C1C2C=CC(C2)C1C(N)(OC(=O)c1ccccc1)c1ccccc1. The molecule has 0 aliphatic heterocycles. The molecule has 1 fully saturated rings. The highest BCUT2D eigenvalue weighted by Crippen LogP contribution is 2.54. The van der Waals surface area contributed by atoms with E-state index in [-0.39, 0.29) is 11.8 Å². The Hall–Kier alpha value is -2.92. The van der Waals surface area contributed by atoms with E-state index >= 15 is 0 Å². The average Bonchev–Trinajstić information content (AvgIpc) is 3.31. The molecule has 4 N–H and O–H groups in total. The van der Waals surface area contributed by atoms with Gasteiger partial charge in [0, 0.05) is 11.5 Å². The molecule has 0 radical (unpaired) electrons. The van der Waals surface area contributed by atoms with Crippen LogP contribution in [0.2, 0.25) is 0 Å². The number of primary amides is 1. The van der Waals surface area contributed by atoms with Gasteiger partial charge in [-0.1, -0.05) is 60.7 Å². The Morgan fingerprint density at radius 3 is 2.15 bits per heavy atom. The molecular weight excluding hydrogens is 340 g/mol. The number of nitrogens with two attached hydrogens (primary N) is 2. The van der Waals surface area contributed by atoms with Crippen molar-refractivity contribution in [1.82, 2.24) is 0 Å². The van der Waals surface area contributed by atoms with E-state index in [0.717, 1.165) is 6.42 Å². The molecule has 5 nitrogen and oxygen atoms in total. The number of amides is 1. The first-order valence-electron chi connectivity index (χ1n) is 9.11. The van der Waals surface area contributed by atoms with E-state index in [1.807, 2.05) is 42.5 Å². The predicted octanol–water partition coefficient (Wildman–Crippen LogP) is 2.58. The minimum Gasteiger partial charge on any atom is -0.436 e. The zero-order chi connectivity index (χ0) is 19.0. The second-order valence-electron chi connectivity index (χ2n) is 7.32. The van der Waals surface area contributed by atoms with Gasteiger partial charge in [0.1, 0.15) is 0 Å². The zero-order valence-corrected chi connectivity index (χ0v) is 14.8. The van der Waals surface area contributed by atoms with E-state index < -0.39 is 29.4 Å². The second kappa shape index (κ2) is 6.67. The Kier molecular flexibility index (Phi) is 4.32. The fraction of sp³-hybridized carbons (Fsp3) is 0.273. The van der Waals surface area contributed by atoms with Gasteiger partial charge in [-0.2, -0.15) is 0 Å². The number of allylic oxidation sites excluding steroid dienone is 2. The molecule has 5 atom stereocenters. The zero-order valence-electron chi connectivity index (χ0n) is 14.8. The molecule has 1 saturated carbocycles. The Morgan fingerprint density at radius 2 is 1.52 bits per heavy atom. The molecule has 5 heteroatoms. The number of ether oxygens (including phenoxy) is 1. The van der Waals surface area contributed by atoms with Gasteiger partial charge in [0.05, 0.1) is 11.5 Å². The molecule has 2 aliphatic carbocycles. The maximum Gasteiger partial charge on any atom is 0.340 e. The summed E-state index contributed by atoms with van der Waals surface area (Å²) in [4.78, 5) is 25.1. The molecule has 0 spiro atoms. The molecule has 1 amide bonds. The summed E-state index contributed by atoms with van der Waals surface area (Å²) >= 11 is 0. The van der Waals surface area contributed by atoms with Crippen LogP contribution in [-0.2, 0) is 15.3 Å². The summed E-state index contributed by atoms with van der Waals surface area (Å²) in [6.45, 7) is 0. The topological polar surface area (TPSA) is 95.4 Å². The Morgan fingerprint density at radius 1 is 0.926 bits per heavy atom. The smallest absolute Gasteiger partial charge is 0.340 e. The Bertz CT molecular complexity index is 881. The Labute approximate surface area is 158 Å². The lowest BCUT2D eigenvalue weighted by Gasteiger charge is -2.41. The van der Waals surface area contributed by atoms with E-state index in [2.05, 4.69) is 6.08 Å². The van der Waals surface area contributed by atoms with Gasteiger partial charge in [-0.3, -0.25) is 10.5 Å². The van der Waals surface area contributed by atoms with Crippen LogP contribution in [0.25, 0.3) is 0 Å². The largest absolute Gasteiger partial charge is 0.436 e. The van der Waals surface area contributed by atoms with Crippen LogP contribution in [0.5, 0.6) is 0 Å². The lowest BCUT2D eigenvalue weighted by atomic mass is 9.73. The van der Waals surface area contributed by atoms with Gasteiger partial charge in [-0.05, 0) is 30.4 Å². The third-order valence-electron chi connectivity index (χ3n) is 5.78. The van der Waals surface area contributed by atoms with Crippen LogP contribution >= 0.6 is 0 Å². The van der Waals surface area contributed by atoms with Crippen LogP contribution in [0.4, 0.5) is 0 Å². The van der Waals surface area contributed by atoms with Crippen LogP contribution in [0.1, 0.15) is 22.3 Å². The highest BCUT2D eigenvalue weighted by molar-refractivity contribution is 5.89. The highest BCUT2D eigenvalue weighted by Gasteiger charge is 2.57. The fourth-order valence-electron chi connectivity index (χ4n) is 4.60. The second-order valence-corrected chi connectivity index (χ2v) is 7.32. The molecule has 2 aliphatic rings. The predicted molar refractivity (Wildman–Crippen MR) is 101 cm³/mol. The third kappa shape index (κ3) is 2.94. The van der Waals surface area contributed by atoms with Gasteiger partial charge >= 0.3 is 5.97 Å².